The SMILES string of the molecule is CCCCOC(=O)C(N)c1ccccc1Cl. The summed E-state index contributed by atoms with van der Waals surface area (Å²) in [6.07, 6.45) is 1.83. The van der Waals surface area contributed by atoms with Crippen LogP contribution in [0.15, 0.2) is 24.3 Å². The van der Waals surface area contributed by atoms with Crippen molar-refractivity contribution < 1.29 is 9.53 Å². The fourth-order valence-corrected chi connectivity index (χ4v) is 1.51. The predicted octanol–water partition coefficient (Wildman–Crippen LogP) is 2.68. The van der Waals surface area contributed by atoms with Crippen molar-refractivity contribution >= 4 is 17.6 Å². The number of hydrogen-bond donors (Lipinski definition) is 1. The Hall–Kier alpha value is -1.06. The summed E-state index contributed by atoms with van der Waals surface area (Å²) >= 11 is 5.94. The molecule has 1 aromatic carbocycles. The highest BCUT2D eigenvalue weighted by molar-refractivity contribution is 6.31. The summed E-state index contributed by atoms with van der Waals surface area (Å²) in [5, 5.41) is 0.488. The van der Waals surface area contributed by atoms with E-state index in [0.717, 1.165) is 12.8 Å². The van der Waals surface area contributed by atoms with Gasteiger partial charge in [0.2, 0.25) is 0 Å². The Kier molecular flexibility index (Phi) is 5.29. The minimum absolute atomic E-state index is 0.410. The highest BCUT2D eigenvalue weighted by atomic mass is 35.5. The molecular formula is C12H16ClNO2. The number of ether oxygens (including phenoxy) is 1. The maximum absolute atomic E-state index is 11.6. The predicted molar refractivity (Wildman–Crippen MR) is 64.2 cm³/mol. The van der Waals surface area contributed by atoms with Crippen molar-refractivity contribution in [3.8, 4) is 0 Å². The number of unbranched alkanes of at least 4 members (excludes halogenated alkanes) is 1. The van der Waals surface area contributed by atoms with Gasteiger partial charge in [-0.25, -0.2) is 4.79 Å². The molecule has 0 aromatic heterocycles. The Morgan fingerprint density at radius 2 is 2.19 bits per heavy atom. The van der Waals surface area contributed by atoms with Gasteiger partial charge in [-0.3, -0.25) is 0 Å². The molecule has 1 rings (SSSR count). The van der Waals surface area contributed by atoms with E-state index in [0.29, 0.717) is 17.2 Å². The van der Waals surface area contributed by atoms with Gasteiger partial charge in [0.15, 0.2) is 0 Å². The normalized spacial score (nSPS) is 12.2. The molecule has 0 saturated carbocycles. The van der Waals surface area contributed by atoms with Gasteiger partial charge in [-0.2, -0.15) is 0 Å². The second-order valence-electron chi connectivity index (χ2n) is 3.52. The molecular weight excluding hydrogens is 226 g/mol. The van der Waals surface area contributed by atoms with Crippen LogP contribution in [0.4, 0.5) is 0 Å². The van der Waals surface area contributed by atoms with Crippen LogP contribution in [-0.2, 0) is 9.53 Å². The quantitative estimate of drug-likeness (QED) is 0.637. The third-order valence-electron chi connectivity index (χ3n) is 2.24. The summed E-state index contributed by atoms with van der Waals surface area (Å²) in [4.78, 5) is 11.6. The monoisotopic (exact) mass is 241 g/mol. The molecule has 1 aromatic rings. The van der Waals surface area contributed by atoms with Gasteiger partial charge in [0.1, 0.15) is 6.04 Å². The fourth-order valence-electron chi connectivity index (χ4n) is 1.26. The molecule has 0 fully saturated rings. The first-order valence-corrected chi connectivity index (χ1v) is 5.71. The number of hydrogen-bond acceptors (Lipinski definition) is 3. The fraction of sp³-hybridized carbons (Fsp3) is 0.417. The molecule has 0 bridgehead atoms. The van der Waals surface area contributed by atoms with Gasteiger partial charge in [-0.15, -0.1) is 0 Å². The third-order valence-corrected chi connectivity index (χ3v) is 2.58. The molecule has 4 heteroatoms. The van der Waals surface area contributed by atoms with E-state index in [-0.39, 0.29) is 0 Å². The lowest BCUT2D eigenvalue weighted by atomic mass is 10.1. The molecule has 0 spiro atoms. The standard InChI is InChI=1S/C12H16ClNO2/c1-2-3-8-16-12(15)11(14)9-6-4-5-7-10(9)13/h4-7,11H,2-3,8,14H2,1H3. The second-order valence-corrected chi connectivity index (χ2v) is 3.93. The summed E-state index contributed by atoms with van der Waals surface area (Å²) in [6.45, 7) is 2.44. The molecule has 0 radical (unpaired) electrons. The van der Waals surface area contributed by atoms with Crippen LogP contribution < -0.4 is 5.73 Å². The van der Waals surface area contributed by atoms with Gasteiger partial charge >= 0.3 is 5.97 Å². The maximum atomic E-state index is 11.6. The van der Waals surface area contributed by atoms with Gasteiger partial charge < -0.3 is 10.5 Å². The highest BCUT2D eigenvalue weighted by Crippen LogP contribution is 2.21. The van der Waals surface area contributed by atoms with Crippen molar-refractivity contribution in [2.24, 2.45) is 5.73 Å². The van der Waals surface area contributed by atoms with Gasteiger partial charge in [-0.05, 0) is 18.1 Å². The Balaban J connectivity index is 2.60. The van der Waals surface area contributed by atoms with E-state index >= 15 is 0 Å². The van der Waals surface area contributed by atoms with E-state index < -0.39 is 12.0 Å². The minimum atomic E-state index is -0.800. The summed E-state index contributed by atoms with van der Waals surface area (Å²) < 4.78 is 5.03. The third kappa shape index (κ3) is 3.51. The molecule has 2 N–H and O–H groups in total. The van der Waals surface area contributed by atoms with E-state index in [4.69, 9.17) is 22.1 Å². The largest absolute Gasteiger partial charge is 0.464 e. The molecule has 16 heavy (non-hydrogen) atoms. The van der Waals surface area contributed by atoms with Crippen LogP contribution in [0.25, 0.3) is 0 Å². The highest BCUT2D eigenvalue weighted by Gasteiger charge is 2.19. The Morgan fingerprint density at radius 3 is 2.81 bits per heavy atom. The second kappa shape index (κ2) is 6.51. The van der Waals surface area contributed by atoms with E-state index in [2.05, 4.69) is 0 Å². The van der Waals surface area contributed by atoms with Crippen LogP contribution >= 0.6 is 11.6 Å². The van der Waals surface area contributed by atoms with E-state index in [9.17, 15) is 4.79 Å². The van der Waals surface area contributed by atoms with Crippen molar-refractivity contribution in [2.45, 2.75) is 25.8 Å². The van der Waals surface area contributed by atoms with Gasteiger partial charge in [0.05, 0.1) is 6.61 Å². The van der Waals surface area contributed by atoms with Crippen molar-refractivity contribution in [1.29, 1.82) is 0 Å². The zero-order valence-electron chi connectivity index (χ0n) is 9.28. The van der Waals surface area contributed by atoms with Crippen LogP contribution in [0.1, 0.15) is 31.4 Å². The van der Waals surface area contributed by atoms with E-state index in [1.165, 1.54) is 0 Å². The number of carbonyl (C=O) groups excluding carboxylic acids is 1. The van der Waals surface area contributed by atoms with Gasteiger partial charge in [0, 0.05) is 5.02 Å². The molecule has 0 heterocycles. The number of rotatable bonds is 5. The number of carbonyl (C=O) groups is 1. The van der Waals surface area contributed by atoms with Crippen LogP contribution in [0.3, 0.4) is 0 Å². The zero-order valence-corrected chi connectivity index (χ0v) is 10.0. The number of halogens is 1. The lowest BCUT2D eigenvalue weighted by molar-refractivity contribution is -0.145. The van der Waals surface area contributed by atoms with E-state index in [1.807, 2.05) is 6.92 Å². The van der Waals surface area contributed by atoms with Crippen LogP contribution in [0.2, 0.25) is 5.02 Å². The molecule has 0 saturated heterocycles. The van der Waals surface area contributed by atoms with Crippen LogP contribution in [0.5, 0.6) is 0 Å². The first-order valence-electron chi connectivity index (χ1n) is 5.33. The van der Waals surface area contributed by atoms with Crippen LogP contribution in [-0.4, -0.2) is 12.6 Å². The topological polar surface area (TPSA) is 52.3 Å². The smallest absolute Gasteiger partial charge is 0.327 e. The first-order chi connectivity index (χ1) is 7.66. The van der Waals surface area contributed by atoms with Gasteiger partial charge in [0.25, 0.3) is 0 Å². The lowest BCUT2D eigenvalue weighted by Gasteiger charge is -2.12. The maximum Gasteiger partial charge on any atom is 0.327 e. The molecule has 1 unspecified atom stereocenters. The first kappa shape index (κ1) is 13.0. The van der Waals surface area contributed by atoms with Crippen molar-refractivity contribution in [3.05, 3.63) is 34.9 Å². The van der Waals surface area contributed by atoms with Crippen LogP contribution in [0, 0.1) is 0 Å². The Bertz CT molecular complexity index is 355. The number of benzene rings is 1. The van der Waals surface area contributed by atoms with Crippen molar-refractivity contribution in [2.75, 3.05) is 6.61 Å². The molecule has 88 valence electrons. The van der Waals surface area contributed by atoms with E-state index in [1.54, 1.807) is 24.3 Å². The van der Waals surface area contributed by atoms with Crippen molar-refractivity contribution in [3.63, 3.8) is 0 Å². The van der Waals surface area contributed by atoms with Crippen molar-refractivity contribution in [1.82, 2.24) is 0 Å². The lowest BCUT2D eigenvalue weighted by Crippen LogP contribution is -2.24. The minimum Gasteiger partial charge on any atom is -0.464 e. The zero-order chi connectivity index (χ0) is 12.0. The summed E-state index contributed by atoms with van der Waals surface area (Å²) in [5.74, 6) is -0.429. The molecule has 0 aliphatic heterocycles. The average molecular weight is 242 g/mol. The Morgan fingerprint density at radius 1 is 1.50 bits per heavy atom. The number of nitrogens with two attached hydrogens (primary N) is 1. The molecule has 0 aliphatic carbocycles. The average Bonchev–Trinajstić information content (AvgIpc) is 2.29. The number of esters is 1. The Labute approximate surface area is 101 Å². The summed E-state index contributed by atoms with van der Waals surface area (Å²) in [5.41, 5.74) is 6.37. The van der Waals surface area contributed by atoms with Gasteiger partial charge in [-0.1, -0.05) is 43.1 Å². The molecule has 1 atom stereocenters. The molecule has 3 nitrogen and oxygen atoms in total. The summed E-state index contributed by atoms with van der Waals surface area (Å²) in [6, 6.07) is 6.22. The molecule has 0 aliphatic rings. The molecule has 0 amide bonds. The summed E-state index contributed by atoms with van der Waals surface area (Å²) in [7, 11) is 0.